The fraction of sp³-hybridized carbons (Fsp3) is 0.688. The van der Waals surface area contributed by atoms with Gasteiger partial charge in [-0.15, -0.1) is 12.4 Å². The van der Waals surface area contributed by atoms with Crippen LogP contribution in [0.25, 0.3) is 0 Å². The lowest BCUT2D eigenvalue weighted by atomic mass is 10.0. The van der Waals surface area contributed by atoms with Crippen LogP contribution in [0, 0.1) is 6.92 Å². The van der Waals surface area contributed by atoms with Crippen LogP contribution in [0.4, 0.5) is 0 Å². The highest BCUT2D eigenvalue weighted by Crippen LogP contribution is 2.29. The van der Waals surface area contributed by atoms with Gasteiger partial charge in [0.1, 0.15) is 11.5 Å². The van der Waals surface area contributed by atoms with E-state index in [4.69, 9.17) is 4.42 Å². The molecule has 1 amide bonds. The summed E-state index contributed by atoms with van der Waals surface area (Å²) in [6.45, 7) is 5.54. The maximum Gasteiger partial charge on any atom is 0.217 e. The van der Waals surface area contributed by atoms with Gasteiger partial charge in [-0.2, -0.15) is 0 Å². The molecule has 1 N–H and O–H groups in total. The van der Waals surface area contributed by atoms with Crippen molar-refractivity contribution < 1.29 is 17.6 Å². The van der Waals surface area contributed by atoms with Gasteiger partial charge in [0.15, 0.2) is 0 Å². The normalized spacial score (nSPS) is 21.3. The minimum Gasteiger partial charge on any atom is -0.466 e. The Balaban J connectivity index is 0.00000312. The molecular weight excluding hydrogens is 366 g/mol. The molecule has 2 atom stereocenters. The van der Waals surface area contributed by atoms with E-state index in [1.54, 1.807) is 14.1 Å². The Hall–Kier alpha value is -1.09. The molecule has 9 heteroatoms. The van der Waals surface area contributed by atoms with Crippen LogP contribution in [0.2, 0.25) is 0 Å². The number of rotatable bonds is 7. The van der Waals surface area contributed by atoms with Crippen molar-refractivity contribution in [2.24, 2.45) is 0 Å². The minimum absolute atomic E-state index is 0. The average Bonchev–Trinajstić information content (AvgIpc) is 3.04. The van der Waals surface area contributed by atoms with Gasteiger partial charge in [-0.25, -0.2) is 12.7 Å². The van der Waals surface area contributed by atoms with Crippen molar-refractivity contribution in [3.05, 3.63) is 23.7 Å². The van der Waals surface area contributed by atoms with Crippen LogP contribution in [0.5, 0.6) is 0 Å². The number of carbonyl (C=O) groups excluding carboxylic acids is 1. The van der Waals surface area contributed by atoms with Crippen molar-refractivity contribution in [1.82, 2.24) is 14.5 Å². The lowest BCUT2D eigenvalue weighted by Crippen LogP contribution is -2.38. The Morgan fingerprint density at radius 2 is 2.04 bits per heavy atom. The highest BCUT2D eigenvalue weighted by Gasteiger charge is 2.36. The molecule has 1 aliphatic heterocycles. The van der Waals surface area contributed by atoms with E-state index in [2.05, 4.69) is 10.2 Å². The smallest absolute Gasteiger partial charge is 0.217 e. The predicted octanol–water partition coefficient (Wildman–Crippen LogP) is 1.20. The summed E-state index contributed by atoms with van der Waals surface area (Å²) < 4.78 is 30.7. The molecule has 1 aromatic rings. The molecule has 0 bridgehead atoms. The average molecular weight is 394 g/mol. The quantitative estimate of drug-likeness (QED) is 0.752. The molecule has 25 heavy (non-hydrogen) atoms. The highest BCUT2D eigenvalue weighted by molar-refractivity contribution is 7.89. The maximum absolute atomic E-state index is 11.8. The van der Waals surface area contributed by atoms with Crippen LogP contribution in [0.3, 0.4) is 0 Å². The number of hydrogen-bond acceptors (Lipinski definition) is 5. The number of carbonyl (C=O) groups is 1. The van der Waals surface area contributed by atoms with E-state index >= 15 is 0 Å². The molecule has 0 radical (unpaired) electrons. The zero-order chi connectivity index (χ0) is 17.9. The molecular formula is C16H28ClN3O4S. The van der Waals surface area contributed by atoms with Gasteiger partial charge in [-0.3, -0.25) is 4.79 Å². The van der Waals surface area contributed by atoms with Gasteiger partial charge in [0, 0.05) is 34.1 Å². The van der Waals surface area contributed by atoms with Gasteiger partial charge >= 0.3 is 0 Å². The fourth-order valence-corrected chi connectivity index (χ4v) is 3.93. The van der Waals surface area contributed by atoms with Gasteiger partial charge in [0.05, 0.1) is 17.7 Å². The number of nitrogens with one attached hydrogen (secondary N) is 1. The molecule has 1 aliphatic rings. The molecule has 0 spiro atoms. The van der Waals surface area contributed by atoms with Gasteiger partial charge in [0.2, 0.25) is 15.9 Å². The molecule has 1 aromatic heterocycles. The van der Waals surface area contributed by atoms with Crippen LogP contribution in [0.1, 0.15) is 30.8 Å². The van der Waals surface area contributed by atoms with Crippen molar-refractivity contribution >= 4 is 28.3 Å². The lowest BCUT2D eigenvalue weighted by molar-refractivity contribution is -0.119. The summed E-state index contributed by atoms with van der Waals surface area (Å²) >= 11 is 0. The van der Waals surface area contributed by atoms with Gasteiger partial charge in [-0.05, 0) is 32.0 Å². The van der Waals surface area contributed by atoms with Gasteiger partial charge < -0.3 is 14.6 Å². The van der Waals surface area contributed by atoms with Crippen molar-refractivity contribution in [3.8, 4) is 0 Å². The molecule has 144 valence electrons. The van der Waals surface area contributed by atoms with Crippen LogP contribution in [-0.2, 0) is 14.8 Å². The molecule has 1 saturated heterocycles. The molecule has 0 aliphatic carbocycles. The molecule has 0 unspecified atom stereocenters. The van der Waals surface area contributed by atoms with Gasteiger partial charge in [0.25, 0.3) is 0 Å². The number of aryl methyl sites for hydroxylation is 1. The third kappa shape index (κ3) is 5.99. The third-order valence-corrected chi connectivity index (χ3v) is 6.26. The summed E-state index contributed by atoms with van der Waals surface area (Å²) in [5.41, 5.74) is 0. The highest BCUT2D eigenvalue weighted by atomic mass is 35.5. The van der Waals surface area contributed by atoms with E-state index < -0.39 is 10.0 Å². The Morgan fingerprint density at radius 3 is 2.56 bits per heavy atom. The maximum atomic E-state index is 11.8. The van der Waals surface area contributed by atoms with Gasteiger partial charge in [-0.1, -0.05) is 0 Å². The van der Waals surface area contributed by atoms with E-state index in [9.17, 15) is 13.2 Å². The van der Waals surface area contributed by atoms with E-state index in [1.165, 1.54) is 11.2 Å². The predicted molar refractivity (Wildman–Crippen MR) is 99.6 cm³/mol. The second kappa shape index (κ2) is 9.02. The summed E-state index contributed by atoms with van der Waals surface area (Å²) in [6.07, 6.45) is 0.567. The largest absolute Gasteiger partial charge is 0.466 e. The van der Waals surface area contributed by atoms with E-state index in [0.717, 1.165) is 18.1 Å². The monoisotopic (exact) mass is 393 g/mol. The second-order valence-corrected chi connectivity index (χ2v) is 8.88. The second-order valence-electron chi connectivity index (χ2n) is 6.57. The number of amides is 1. The molecule has 0 aromatic carbocycles. The lowest BCUT2D eigenvalue weighted by Gasteiger charge is -2.17. The van der Waals surface area contributed by atoms with Crippen LogP contribution in [-0.4, -0.2) is 69.1 Å². The Kier molecular flexibility index (Phi) is 7.92. The zero-order valence-electron chi connectivity index (χ0n) is 15.2. The minimum atomic E-state index is -3.17. The van der Waals surface area contributed by atoms with E-state index in [1.807, 2.05) is 19.1 Å². The Labute approximate surface area is 156 Å². The van der Waals surface area contributed by atoms with Crippen molar-refractivity contribution in [1.29, 1.82) is 0 Å². The number of furan rings is 1. The summed E-state index contributed by atoms with van der Waals surface area (Å²) in [5, 5.41) is 2.99. The van der Waals surface area contributed by atoms with Crippen molar-refractivity contribution in [2.45, 2.75) is 32.2 Å². The van der Waals surface area contributed by atoms with E-state index in [0.29, 0.717) is 19.5 Å². The molecule has 1 fully saturated rings. The first-order valence-corrected chi connectivity index (χ1v) is 9.76. The van der Waals surface area contributed by atoms with Crippen molar-refractivity contribution in [3.63, 3.8) is 0 Å². The van der Waals surface area contributed by atoms with Crippen LogP contribution >= 0.6 is 12.4 Å². The zero-order valence-corrected chi connectivity index (χ0v) is 16.8. The first kappa shape index (κ1) is 22.0. The number of likely N-dealkylation sites (tertiary alicyclic amines) is 1. The SMILES string of the molecule is CC(=O)N[C@H]1CN(CCCS(=O)(=O)N(C)C)C[C@@H]1c1ccc(C)o1.Cl. The van der Waals surface area contributed by atoms with E-state index in [-0.39, 0.29) is 36.0 Å². The number of sulfonamides is 1. The number of hydrogen-bond donors (Lipinski definition) is 1. The summed E-state index contributed by atoms with van der Waals surface area (Å²) in [6, 6.07) is 3.86. The summed E-state index contributed by atoms with van der Waals surface area (Å²) in [5.74, 6) is 1.88. The summed E-state index contributed by atoms with van der Waals surface area (Å²) in [4.78, 5) is 13.7. The summed E-state index contributed by atoms with van der Waals surface area (Å²) in [7, 11) is -0.0686. The third-order valence-electron chi connectivity index (χ3n) is 4.34. The standard InChI is InChI=1S/C16H27N3O4S.ClH/c1-12-6-7-16(23-12)14-10-19(11-15(14)17-13(2)20)8-5-9-24(21,22)18(3)4;/h6-7,14-15H,5,8-11H2,1-4H3,(H,17,20);1H/t14-,15-;/m0./s1. The Bertz CT molecular complexity index is 675. The topological polar surface area (TPSA) is 82.9 Å². The molecule has 2 heterocycles. The first-order chi connectivity index (χ1) is 11.2. The molecule has 7 nitrogen and oxygen atoms in total. The Morgan fingerprint density at radius 1 is 1.36 bits per heavy atom. The first-order valence-electron chi connectivity index (χ1n) is 8.15. The number of halogens is 1. The number of nitrogens with zero attached hydrogens (tertiary/aromatic N) is 2. The molecule has 2 rings (SSSR count). The van der Waals surface area contributed by atoms with Crippen LogP contribution in [0.15, 0.2) is 16.5 Å². The van der Waals surface area contributed by atoms with Crippen LogP contribution < -0.4 is 5.32 Å². The van der Waals surface area contributed by atoms with Crippen molar-refractivity contribution in [2.75, 3.05) is 39.5 Å². The fourth-order valence-electron chi connectivity index (χ4n) is 3.07. The molecule has 0 saturated carbocycles.